The monoisotopic (exact) mass is 308 g/mol. The number of benzene rings is 2. The summed E-state index contributed by atoms with van der Waals surface area (Å²) in [7, 11) is 1.63. The molecule has 0 aliphatic heterocycles. The first-order valence-corrected chi connectivity index (χ1v) is 7.72. The maximum absolute atomic E-state index is 12.2. The predicted molar refractivity (Wildman–Crippen MR) is 90.6 cm³/mol. The van der Waals surface area contributed by atoms with Gasteiger partial charge in [-0.2, -0.15) is 5.10 Å². The Bertz CT molecular complexity index is 708. The second-order valence-electron chi connectivity index (χ2n) is 5.76. The first-order chi connectivity index (χ1) is 11.2. The van der Waals surface area contributed by atoms with Crippen molar-refractivity contribution in [2.45, 2.75) is 19.3 Å². The van der Waals surface area contributed by atoms with Gasteiger partial charge in [-0.3, -0.25) is 4.79 Å². The minimum atomic E-state index is -0.00767. The first-order valence-electron chi connectivity index (χ1n) is 7.72. The van der Waals surface area contributed by atoms with Gasteiger partial charge in [-0.1, -0.05) is 30.3 Å². The lowest BCUT2D eigenvalue weighted by molar-refractivity contribution is -0.122. The molecule has 1 amide bonds. The Morgan fingerprint density at radius 1 is 1.13 bits per heavy atom. The molecule has 1 saturated carbocycles. The van der Waals surface area contributed by atoms with Crippen LogP contribution in [-0.2, 0) is 4.79 Å². The van der Waals surface area contributed by atoms with Gasteiger partial charge in [0.05, 0.1) is 12.8 Å². The summed E-state index contributed by atoms with van der Waals surface area (Å²) in [6, 6.07) is 17.8. The van der Waals surface area contributed by atoms with Gasteiger partial charge in [-0.15, -0.1) is 0 Å². The fourth-order valence-electron chi connectivity index (χ4n) is 2.67. The minimum Gasteiger partial charge on any atom is -0.497 e. The van der Waals surface area contributed by atoms with Gasteiger partial charge < -0.3 is 4.74 Å². The second kappa shape index (κ2) is 6.65. The molecule has 1 fully saturated rings. The molecule has 23 heavy (non-hydrogen) atoms. The van der Waals surface area contributed by atoms with Crippen molar-refractivity contribution in [3.8, 4) is 5.75 Å². The zero-order valence-electron chi connectivity index (χ0n) is 13.3. The lowest BCUT2D eigenvalue weighted by Crippen LogP contribution is -2.21. The fourth-order valence-corrected chi connectivity index (χ4v) is 2.67. The number of nitrogens with zero attached hydrogens (tertiary/aromatic N) is 1. The summed E-state index contributed by atoms with van der Waals surface area (Å²) in [6.45, 7) is 1.88. The topological polar surface area (TPSA) is 50.7 Å². The van der Waals surface area contributed by atoms with Gasteiger partial charge >= 0.3 is 0 Å². The van der Waals surface area contributed by atoms with Gasteiger partial charge in [0.2, 0.25) is 5.91 Å². The predicted octanol–water partition coefficient (Wildman–Crippen LogP) is 3.34. The van der Waals surface area contributed by atoms with Crippen molar-refractivity contribution in [2.75, 3.05) is 7.11 Å². The van der Waals surface area contributed by atoms with Crippen molar-refractivity contribution in [1.29, 1.82) is 0 Å². The van der Waals surface area contributed by atoms with E-state index < -0.39 is 0 Å². The molecule has 1 aliphatic carbocycles. The van der Waals surface area contributed by atoms with E-state index in [4.69, 9.17) is 4.74 Å². The number of hydrogen-bond donors (Lipinski definition) is 1. The van der Waals surface area contributed by atoms with Crippen LogP contribution in [-0.4, -0.2) is 18.7 Å². The SMILES string of the molecule is COc1ccc(C(C)=NNC(=O)[C@@H]2C[C@@H]2c2ccccc2)cc1. The summed E-state index contributed by atoms with van der Waals surface area (Å²) in [5, 5.41) is 4.22. The lowest BCUT2D eigenvalue weighted by Gasteiger charge is -2.04. The van der Waals surface area contributed by atoms with Crippen molar-refractivity contribution in [3.05, 3.63) is 65.7 Å². The van der Waals surface area contributed by atoms with Crippen LogP contribution < -0.4 is 10.2 Å². The minimum absolute atomic E-state index is 0.00767. The van der Waals surface area contributed by atoms with Crippen LogP contribution >= 0.6 is 0 Å². The molecular formula is C19H20N2O2. The van der Waals surface area contributed by atoms with Gasteiger partial charge in [0, 0.05) is 5.92 Å². The van der Waals surface area contributed by atoms with Crippen molar-refractivity contribution >= 4 is 11.6 Å². The highest BCUT2D eigenvalue weighted by atomic mass is 16.5. The summed E-state index contributed by atoms with van der Waals surface area (Å²) in [4.78, 5) is 12.2. The van der Waals surface area contributed by atoms with Gasteiger partial charge in [0.25, 0.3) is 0 Å². The number of ether oxygens (including phenoxy) is 1. The molecule has 1 N–H and O–H groups in total. The summed E-state index contributed by atoms with van der Waals surface area (Å²) < 4.78 is 5.13. The summed E-state index contributed by atoms with van der Waals surface area (Å²) in [5.41, 5.74) is 5.65. The third kappa shape index (κ3) is 3.59. The molecule has 4 heteroatoms. The van der Waals surface area contributed by atoms with Crippen LogP contribution in [0.5, 0.6) is 5.75 Å². The number of methoxy groups -OCH3 is 1. The molecule has 0 bridgehead atoms. The number of hydrazone groups is 1. The van der Waals surface area contributed by atoms with Crippen molar-refractivity contribution < 1.29 is 9.53 Å². The zero-order chi connectivity index (χ0) is 16.2. The molecule has 0 spiro atoms. The molecule has 0 saturated heterocycles. The Balaban J connectivity index is 1.58. The number of carbonyl (C=O) groups is 1. The third-order valence-electron chi connectivity index (χ3n) is 4.20. The van der Waals surface area contributed by atoms with Crippen LogP contribution in [0.4, 0.5) is 0 Å². The maximum Gasteiger partial charge on any atom is 0.243 e. The Kier molecular flexibility index (Phi) is 4.42. The highest BCUT2D eigenvalue weighted by molar-refractivity contribution is 5.99. The molecular weight excluding hydrogens is 288 g/mol. The van der Waals surface area contributed by atoms with E-state index in [2.05, 4.69) is 22.7 Å². The third-order valence-corrected chi connectivity index (χ3v) is 4.20. The Hall–Kier alpha value is -2.62. The number of hydrogen-bond acceptors (Lipinski definition) is 3. The quantitative estimate of drug-likeness (QED) is 0.680. The van der Waals surface area contributed by atoms with Gasteiger partial charge in [0.15, 0.2) is 0 Å². The summed E-state index contributed by atoms with van der Waals surface area (Å²) in [6.07, 6.45) is 0.896. The van der Waals surface area contributed by atoms with E-state index >= 15 is 0 Å². The summed E-state index contributed by atoms with van der Waals surface area (Å²) >= 11 is 0. The molecule has 4 nitrogen and oxygen atoms in total. The summed E-state index contributed by atoms with van der Waals surface area (Å²) in [5.74, 6) is 1.15. The zero-order valence-corrected chi connectivity index (χ0v) is 13.3. The Morgan fingerprint density at radius 3 is 2.48 bits per heavy atom. The van der Waals surface area contributed by atoms with E-state index in [0.29, 0.717) is 5.92 Å². The Labute approximate surface area is 136 Å². The molecule has 1 aliphatic rings. The van der Waals surface area contributed by atoms with E-state index in [1.807, 2.05) is 49.4 Å². The van der Waals surface area contributed by atoms with Crippen LogP contribution in [0.1, 0.15) is 30.4 Å². The lowest BCUT2D eigenvalue weighted by atomic mass is 10.1. The van der Waals surface area contributed by atoms with Gasteiger partial charge in [-0.05, 0) is 54.7 Å². The second-order valence-corrected chi connectivity index (χ2v) is 5.76. The smallest absolute Gasteiger partial charge is 0.243 e. The van der Waals surface area contributed by atoms with Crippen molar-refractivity contribution in [2.24, 2.45) is 11.0 Å². The number of nitrogens with one attached hydrogen (secondary N) is 1. The van der Waals surface area contributed by atoms with E-state index in [1.165, 1.54) is 5.56 Å². The van der Waals surface area contributed by atoms with Crippen LogP contribution in [0, 0.1) is 5.92 Å². The number of amides is 1. The molecule has 2 aromatic carbocycles. The normalized spacial score (nSPS) is 20.0. The first kappa shape index (κ1) is 15.3. The highest BCUT2D eigenvalue weighted by Crippen LogP contribution is 2.47. The van der Waals surface area contributed by atoms with Gasteiger partial charge in [0.1, 0.15) is 5.75 Å². The highest BCUT2D eigenvalue weighted by Gasteiger charge is 2.43. The number of rotatable bonds is 5. The van der Waals surface area contributed by atoms with Crippen molar-refractivity contribution in [3.63, 3.8) is 0 Å². The average molecular weight is 308 g/mol. The van der Waals surface area contributed by atoms with Crippen molar-refractivity contribution in [1.82, 2.24) is 5.43 Å². The molecule has 0 unspecified atom stereocenters. The van der Waals surface area contributed by atoms with E-state index in [-0.39, 0.29) is 11.8 Å². The maximum atomic E-state index is 12.2. The van der Waals surface area contributed by atoms with E-state index in [1.54, 1.807) is 7.11 Å². The molecule has 118 valence electrons. The van der Waals surface area contributed by atoms with Gasteiger partial charge in [-0.25, -0.2) is 5.43 Å². The number of carbonyl (C=O) groups excluding carboxylic acids is 1. The van der Waals surface area contributed by atoms with Crippen LogP contribution in [0.15, 0.2) is 59.7 Å². The molecule has 0 heterocycles. The van der Waals surface area contributed by atoms with E-state index in [9.17, 15) is 4.79 Å². The molecule has 3 rings (SSSR count). The average Bonchev–Trinajstić information content (AvgIpc) is 3.41. The standard InChI is InChI=1S/C19H20N2O2/c1-13(14-8-10-16(23-2)11-9-14)20-21-19(22)18-12-17(18)15-6-4-3-5-7-15/h3-11,17-18H,12H2,1-2H3,(H,21,22)/t17-,18-/m1/s1. The van der Waals surface area contributed by atoms with Crippen LogP contribution in [0.3, 0.4) is 0 Å². The Morgan fingerprint density at radius 2 is 1.83 bits per heavy atom. The molecule has 2 aromatic rings. The molecule has 0 aromatic heterocycles. The molecule has 2 atom stereocenters. The molecule has 0 radical (unpaired) electrons. The largest absolute Gasteiger partial charge is 0.497 e. The van der Waals surface area contributed by atoms with E-state index in [0.717, 1.165) is 23.4 Å². The fraction of sp³-hybridized carbons (Fsp3) is 0.263. The van der Waals surface area contributed by atoms with Crippen LogP contribution in [0.2, 0.25) is 0 Å². The van der Waals surface area contributed by atoms with Crippen LogP contribution in [0.25, 0.3) is 0 Å².